The van der Waals surface area contributed by atoms with Crippen molar-refractivity contribution in [2.24, 2.45) is 0 Å². The van der Waals surface area contributed by atoms with E-state index in [1.165, 1.54) is 11.5 Å². The fourth-order valence-electron chi connectivity index (χ4n) is 1.45. The number of aryl methyl sites for hydroxylation is 1. The van der Waals surface area contributed by atoms with Gasteiger partial charge in [-0.3, -0.25) is 0 Å². The van der Waals surface area contributed by atoms with Crippen LogP contribution in [-0.4, -0.2) is 26.5 Å². The molecule has 1 rings (SSSR count). The number of carboxylic acids is 1. The van der Waals surface area contributed by atoms with Crippen molar-refractivity contribution in [3.05, 3.63) is 5.82 Å². The largest absolute Gasteiger partial charge is 0.480 e. The van der Waals surface area contributed by atoms with E-state index in [2.05, 4.69) is 21.6 Å². The minimum Gasteiger partial charge on any atom is -0.480 e. The van der Waals surface area contributed by atoms with Gasteiger partial charge in [0.2, 0.25) is 5.13 Å². The number of rotatable bonds is 8. The van der Waals surface area contributed by atoms with Crippen molar-refractivity contribution in [1.29, 1.82) is 0 Å². The third-order valence-electron chi connectivity index (χ3n) is 2.38. The van der Waals surface area contributed by atoms with E-state index in [4.69, 9.17) is 5.11 Å². The van der Waals surface area contributed by atoms with Gasteiger partial charge in [0.05, 0.1) is 0 Å². The van der Waals surface area contributed by atoms with Crippen molar-refractivity contribution in [3.8, 4) is 0 Å². The van der Waals surface area contributed by atoms with Crippen LogP contribution in [-0.2, 0) is 11.2 Å². The number of hydrogen-bond donors (Lipinski definition) is 2. The molecule has 0 radical (unpaired) electrons. The number of aromatic nitrogens is 2. The molecule has 0 bridgehead atoms. The second-order valence-corrected chi connectivity index (χ2v) is 4.69. The van der Waals surface area contributed by atoms with Gasteiger partial charge in [0.15, 0.2) is 0 Å². The van der Waals surface area contributed by atoms with Crippen LogP contribution in [0.5, 0.6) is 0 Å². The molecule has 0 saturated heterocycles. The maximum absolute atomic E-state index is 11.0. The summed E-state index contributed by atoms with van der Waals surface area (Å²) in [6.07, 6.45) is 4.33. The molecule has 0 aliphatic rings. The van der Waals surface area contributed by atoms with E-state index in [1.807, 2.05) is 6.92 Å². The Morgan fingerprint density at radius 2 is 2.24 bits per heavy atom. The number of aliphatic carboxylic acids is 1. The molecule has 1 aromatic heterocycles. The number of nitrogens with zero attached hydrogens (tertiary/aromatic N) is 2. The monoisotopic (exact) mass is 257 g/mol. The Hall–Kier alpha value is -1.17. The number of carbonyl (C=O) groups is 1. The maximum Gasteiger partial charge on any atom is 0.326 e. The van der Waals surface area contributed by atoms with Crippen LogP contribution in [0.4, 0.5) is 5.13 Å². The van der Waals surface area contributed by atoms with Crippen molar-refractivity contribution >= 4 is 22.6 Å². The molecule has 0 spiro atoms. The molecule has 6 heteroatoms. The number of nitrogens with one attached hydrogen (secondary N) is 1. The summed E-state index contributed by atoms with van der Waals surface area (Å²) in [6, 6.07) is -0.558. The van der Waals surface area contributed by atoms with Crippen LogP contribution in [0.3, 0.4) is 0 Å². The third-order valence-corrected chi connectivity index (χ3v) is 3.07. The predicted octanol–water partition coefficient (Wildman–Crippen LogP) is 2.55. The van der Waals surface area contributed by atoms with Crippen molar-refractivity contribution in [3.63, 3.8) is 0 Å². The van der Waals surface area contributed by atoms with E-state index in [-0.39, 0.29) is 0 Å². The van der Waals surface area contributed by atoms with E-state index in [0.717, 1.165) is 31.5 Å². The lowest BCUT2D eigenvalue weighted by molar-refractivity contribution is -0.138. The van der Waals surface area contributed by atoms with Gasteiger partial charge in [-0.25, -0.2) is 9.78 Å². The van der Waals surface area contributed by atoms with Crippen molar-refractivity contribution in [1.82, 2.24) is 9.36 Å². The summed E-state index contributed by atoms with van der Waals surface area (Å²) in [4.78, 5) is 15.3. The Bertz CT molecular complexity index is 354. The lowest BCUT2D eigenvalue weighted by Crippen LogP contribution is -2.29. The first kappa shape index (κ1) is 13.9. The quantitative estimate of drug-likeness (QED) is 0.748. The Kier molecular flexibility index (Phi) is 5.90. The first-order chi connectivity index (χ1) is 8.17. The summed E-state index contributed by atoms with van der Waals surface area (Å²) in [7, 11) is 0. The maximum atomic E-state index is 11.0. The van der Waals surface area contributed by atoms with Gasteiger partial charge >= 0.3 is 5.97 Å². The van der Waals surface area contributed by atoms with Crippen LogP contribution in [0.25, 0.3) is 0 Å². The van der Waals surface area contributed by atoms with Gasteiger partial charge in [-0.1, -0.05) is 26.7 Å². The Morgan fingerprint density at radius 3 is 2.82 bits per heavy atom. The SMILES string of the molecule is CCCC[C@H](Nc1nc(CCC)ns1)C(=O)O. The van der Waals surface area contributed by atoms with Crippen LogP contribution in [0, 0.1) is 0 Å². The number of anilines is 1. The molecule has 0 aliphatic carbocycles. The number of hydrogen-bond acceptors (Lipinski definition) is 5. The summed E-state index contributed by atoms with van der Waals surface area (Å²) in [6.45, 7) is 4.11. The second kappa shape index (κ2) is 7.21. The van der Waals surface area contributed by atoms with Gasteiger partial charge in [-0.05, 0) is 12.8 Å². The van der Waals surface area contributed by atoms with Crippen molar-refractivity contribution in [2.75, 3.05) is 5.32 Å². The van der Waals surface area contributed by atoms with Gasteiger partial charge in [0.25, 0.3) is 0 Å². The average Bonchev–Trinajstić information content (AvgIpc) is 2.72. The molecule has 0 saturated carbocycles. The molecular formula is C11H19N3O2S. The molecule has 0 unspecified atom stereocenters. The molecule has 1 aromatic rings. The van der Waals surface area contributed by atoms with E-state index >= 15 is 0 Å². The van der Waals surface area contributed by atoms with Gasteiger partial charge in [0, 0.05) is 18.0 Å². The molecule has 5 nitrogen and oxygen atoms in total. The molecule has 17 heavy (non-hydrogen) atoms. The van der Waals surface area contributed by atoms with Gasteiger partial charge in [-0.15, -0.1) is 0 Å². The lowest BCUT2D eigenvalue weighted by Gasteiger charge is -2.12. The Labute approximate surface area is 105 Å². The number of carboxylic acid groups (broad SMARTS) is 1. The summed E-state index contributed by atoms with van der Waals surface area (Å²) in [5.41, 5.74) is 0. The van der Waals surface area contributed by atoms with Gasteiger partial charge in [0.1, 0.15) is 11.9 Å². The topological polar surface area (TPSA) is 75.1 Å². The van der Waals surface area contributed by atoms with E-state index in [0.29, 0.717) is 11.6 Å². The Morgan fingerprint density at radius 1 is 1.47 bits per heavy atom. The smallest absolute Gasteiger partial charge is 0.326 e. The summed E-state index contributed by atoms with van der Waals surface area (Å²) in [5, 5.41) is 12.6. The first-order valence-corrected chi connectivity index (χ1v) is 6.76. The molecule has 1 heterocycles. The summed E-state index contributed by atoms with van der Waals surface area (Å²) in [5.74, 6) is -0.0367. The van der Waals surface area contributed by atoms with Crippen LogP contribution in [0.1, 0.15) is 45.4 Å². The van der Waals surface area contributed by atoms with Gasteiger partial charge < -0.3 is 10.4 Å². The van der Waals surface area contributed by atoms with Crippen molar-refractivity contribution < 1.29 is 9.90 Å². The highest BCUT2D eigenvalue weighted by molar-refractivity contribution is 7.09. The van der Waals surface area contributed by atoms with Crippen LogP contribution in [0.15, 0.2) is 0 Å². The highest BCUT2D eigenvalue weighted by Crippen LogP contribution is 2.15. The summed E-state index contributed by atoms with van der Waals surface area (Å²) >= 11 is 1.23. The fraction of sp³-hybridized carbons (Fsp3) is 0.727. The van der Waals surface area contributed by atoms with Crippen LogP contribution in [0.2, 0.25) is 0 Å². The molecule has 1 atom stereocenters. The number of unbranched alkanes of at least 4 members (excludes halogenated alkanes) is 1. The lowest BCUT2D eigenvalue weighted by atomic mass is 10.1. The molecule has 0 amide bonds. The standard InChI is InChI=1S/C11H19N3O2S/c1-3-5-7-8(10(15)16)12-11-13-9(6-4-2)14-17-11/h8H,3-7H2,1-2H3,(H,15,16)(H,12,13,14)/t8-/m0/s1. The molecule has 0 fully saturated rings. The van der Waals surface area contributed by atoms with E-state index in [1.54, 1.807) is 0 Å². The second-order valence-electron chi connectivity index (χ2n) is 3.94. The zero-order chi connectivity index (χ0) is 12.7. The average molecular weight is 257 g/mol. The Balaban J connectivity index is 2.55. The minimum absolute atomic E-state index is 0.558. The normalized spacial score (nSPS) is 12.4. The zero-order valence-corrected chi connectivity index (χ0v) is 11.1. The van der Waals surface area contributed by atoms with Gasteiger partial charge in [-0.2, -0.15) is 4.37 Å². The molecule has 96 valence electrons. The molecule has 0 aliphatic heterocycles. The molecule has 2 N–H and O–H groups in total. The highest BCUT2D eigenvalue weighted by Gasteiger charge is 2.18. The van der Waals surface area contributed by atoms with Crippen LogP contribution >= 0.6 is 11.5 Å². The minimum atomic E-state index is -0.828. The summed E-state index contributed by atoms with van der Waals surface area (Å²) < 4.78 is 4.17. The predicted molar refractivity (Wildman–Crippen MR) is 68.5 cm³/mol. The molecular weight excluding hydrogens is 238 g/mol. The first-order valence-electron chi connectivity index (χ1n) is 5.99. The zero-order valence-electron chi connectivity index (χ0n) is 10.3. The third kappa shape index (κ3) is 4.68. The highest BCUT2D eigenvalue weighted by atomic mass is 32.1. The van der Waals surface area contributed by atoms with E-state index < -0.39 is 12.0 Å². The van der Waals surface area contributed by atoms with Crippen molar-refractivity contribution in [2.45, 2.75) is 52.0 Å². The van der Waals surface area contributed by atoms with Crippen LogP contribution < -0.4 is 5.32 Å². The van der Waals surface area contributed by atoms with E-state index in [9.17, 15) is 4.79 Å². The fourth-order valence-corrected chi connectivity index (χ4v) is 2.12. The molecule has 0 aromatic carbocycles.